The number of rotatable bonds is 6. The van der Waals surface area contributed by atoms with Gasteiger partial charge in [-0.15, -0.1) is 0 Å². The number of nitrogens with one attached hydrogen (secondary N) is 1. The van der Waals surface area contributed by atoms with E-state index in [1.807, 2.05) is 20.8 Å². The van der Waals surface area contributed by atoms with Crippen molar-refractivity contribution in [3.05, 3.63) is 23.9 Å². The van der Waals surface area contributed by atoms with Crippen molar-refractivity contribution in [3.63, 3.8) is 0 Å². The van der Waals surface area contributed by atoms with Crippen molar-refractivity contribution in [1.29, 1.82) is 0 Å². The predicted octanol–water partition coefficient (Wildman–Crippen LogP) is 3.30. The first-order valence-corrected chi connectivity index (χ1v) is 10.3. The first-order chi connectivity index (χ1) is 11.6. The number of pyridine rings is 1. The Balaban J connectivity index is 2.90. The van der Waals surface area contributed by atoms with Gasteiger partial charge in [0.05, 0.1) is 5.56 Å². The van der Waals surface area contributed by atoms with Gasteiger partial charge in [0.2, 0.25) is 15.7 Å². The second-order valence-corrected chi connectivity index (χ2v) is 11.5. The number of halogens is 3. The summed E-state index contributed by atoms with van der Waals surface area (Å²) in [6.07, 6.45) is -4.17. The molecule has 26 heavy (non-hydrogen) atoms. The molecule has 0 aliphatic heterocycles. The third kappa shape index (κ3) is 5.60. The summed E-state index contributed by atoms with van der Waals surface area (Å²) >= 11 is 1.61. The van der Waals surface area contributed by atoms with Gasteiger partial charge in [0.25, 0.3) is 0 Å². The SMILES string of the molecule is CC(C)(C)SCCNC(=O)C(C)(C)S(=O)(=O)c1ccc(C(F)(F)F)cn1. The second kappa shape index (κ2) is 7.75. The van der Waals surface area contributed by atoms with E-state index in [9.17, 15) is 26.4 Å². The van der Waals surface area contributed by atoms with Gasteiger partial charge in [0.1, 0.15) is 0 Å². The van der Waals surface area contributed by atoms with Crippen molar-refractivity contribution < 1.29 is 26.4 Å². The van der Waals surface area contributed by atoms with Crippen LogP contribution < -0.4 is 5.32 Å². The van der Waals surface area contributed by atoms with Crippen molar-refractivity contribution in [2.45, 2.75) is 55.3 Å². The molecule has 1 aromatic heterocycles. The summed E-state index contributed by atoms with van der Waals surface area (Å²) in [5.41, 5.74) is -1.06. The van der Waals surface area contributed by atoms with Gasteiger partial charge in [0.15, 0.2) is 9.77 Å². The number of carbonyl (C=O) groups excluding carboxylic acids is 1. The fourth-order valence-electron chi connectivity index (χ4n) is 1.83. The highest BCUT2D eigenvalue weighted by Crippen LogP contribution is 2.30. The molecule has 0 unspecified atom stereocenters. The number of nitrogens with zero attached hydrogens (tertiary/aromatic N) is 1. The van der Waals surface area contributed by atoms with Gasteiger partial charge >= 0.3 is 6.18 Å². The van der Waals surface area contributed by atoms with E-state index in [1.165, 1.54) is 13.8 Å². The maximum absolute atomic E-state index is 12.6. The van der Waals surface area contributed by atoms with Crippen LogP contribution in [0.2, 0.25) is 0 Å². The summed E-state index contributed by atoms with van der Waals surface area (Å²) in [6.45, 7) is 8.74. The average molecular weight is 412 g/mol. The zero-order chi connectivity index (χ0) is 20.4. The molecule has 1 amide bonds. The number of hydrogen-bond acceptors (Lipinski definition) is 5. The predicted molar refractivity (Wildman–Crippen MR) is 95.7 cm³/mol. The van der Waals surface area contributed by atoms with Crippen LogP contribution in [-0.2, 0) is 20.8 Å². The minimum Gasteiger partial charge on any atom is -0.354 e. The van der Waals surface area contributed by atoms with Gasteiger partial charge < -0.3 is 5.32 Å². The molecule has 10 heteroatoms. The molecule has 0 aliphatic carbocycles. The summed E-state index contributed by atoms with van der Waals surface area (Å²) in [6, 6.07) is 1.40. The molecule has 0 fully saturated rings. The first-order valence-electron chi connectivity index (χ1n) is 7.79. The van der Waals surface area contributed by atoms with E-state index in [1.54, 1.807) is 11.8 Å². The van der Waals surface area contributed by atoms with E-state index in [4.69, 9.17) is 0 Å². The van der Waals surface area contributed by atoms with E-state index in [-0.39, 0.29) is 11.3 Å². The smallest absolute Gasteiger partial charge is 0.354 e. The Morgan fingerprint density at radius 1 is 1.15 bits per heavy atom. The highest BCUT2D eigenvalue weighted by molar-refractivity contribution is 8.00. The van der Waals surface area contributed by atoms with Crippen LogP contribution in [-0.4, -0.2) is 41.1 Å². The number of thioether (sulfide) groups is 1. The molecular weight excluding hydrogens is 389 g/mol. The van der Waals surface area contributed by atoms with Crippen LogP contribution in [0.1, 0.15) is 40.2 Å². The number of carbonyl (C=O) groups is 1. The molecule has 0 saturated heterocycles. The summed E-state index contributed by atoms with van der Waals surface area (Å²) < 4.78 is 61.2. The quantitative estimate of drug-likeness (QED) is 0.726. The van der Waals surface area contributed by atoms with Gasteiger partial charge in [-0.2, -0.15) is 24.9 Å². The highest BCUT2D eigenvalue weighted by atomic mass is 32.2. The number of amides is 1. The number of sulfone groups is 1. The molecule has 0 radical (unpaired) electrons. The Labute approximate surface area is 156 Å². The molecular formula is C16H23F3N2O3S2. The van der Waals surface area contributed by atoms with Crippen LogP contribution in [0.15, 0.2) is 23.4 Å². The maximum Gasteiger partial charge on any atom is 0.417 e. The van der Waals surface area contributed by atoms with Crippen LogP contribution in [0.4, 0.5) is 13.2 Å². The third-order valence-corrected chi connectivity index (χ3v) is 7.08. The Morgan fingerprint density at radius 2 is 1.73 bits per heavy atom. The van der Waals surface area contributed by atoms with Crippen LogP contribution in [0, 0.1) is 0 Å². The topological polar surface area (TPSA) is 76.1 Å². The van der Waals surface area contributed by atoms with Crippen molar-refractivity contribution in [2.75, 3.05) is 12.3 Å². The van der Waals surface area contributed by atoms with Gasteiger partial charge in [-0.3, -0.25) is 4.79 Å². The summed E-state index contributed by atoms with van der Waals surface area (Å²) in [5.74, 6) is -0.127. The number of hydrogen-bond donors (Lipinski definition) is 1. The van der Waals surface area contributed by atoms with Crippen LogP contribution in [0.5, 0.6) is 0 Å². The maximum atomic E-state index is 12.6. The Kier molecular flexibility index (Phi) is 6.79. The van der Waals surface area contributed by atoms with Crippen LogP contribution in [0.25, 0.3) is 0 Å². The van der Waals surface area contributed by atoms with E-state index < -0.39 is 37.3 Å². The van der Waals surface area contributed by atoms with Gasteiger partial charge in [-0.25, -0.2) is 13.4 Å². The molecule has 0 aliphatic rings. The number of aromatic nitrogens is 1. The van der Waals surface area contributed by atoms with Crippen molar-refractivity contribution in [3.8, 4) is 0 Å². The largest absolute Gasteiger partial charge is 0.417 e. The lowest BCUT2D eigenvalue weighted by Gasteiger charge is -2.24. The third-order valence-electron chi connectivity index (χ3n) is 3.48. The highest BCUT2D eigenvalue weighted by Gasteiger charge is 2.44. The monoisotopic (exact) mass is 412 g/mol. The molecule has 0 bridgehead atoms. The Morgan fingerprint density at radius 3 is 2.15 bits per heavy atom. The Hall–Kier alpha value is -1.29. The normalized spacial score (nSPS) is 13.5. The number of alkyl halides is 3. The molecule has 0 saturated carbocycles. The molecule has 148 valence electrons. The fourth-order valence-corrected chi connectivity index (χ4v) is 3.92. The lowest BCUT2D eigenvalue weighted by atomic mass is 10.2. The molecule has 0 aromatic carbocycles. The minimum absolute atomic E-state index is 0.0104. The van der Waals surface area contributed by atoms with Crippen LogP contribution in [0.3, 0.4) is 0 Å². The zero-order valence-electron chi connectivity index (χ0n) is 15.3. The molecule has 1 heterocycles. The first kappa shape index (κ1) is 22.8. The summed E-state index contributed by atoms with van der Waals surface area (Å²) in [5, 5.41) is 1.99. The van der Waals surface area contributed by atoms with E-state index in [2.05, 4.69) is 10.3 Å². The lowest BCUT2D eigenvalue weighted by molar-refractivity contribution is -0.137. The Bertz CT molecular complexity index is 737. The molecule has 1 N–H and O–H groups in total. The summed E-state index contributed by atoms with van der Waals surface area (Å²) in [4.78, 5) is 15.7. The van der Waals surface area contributed by atoms with Crippen molar-refractivity contribution in [1.82, 2.24) is 10.3 Å². The lowest BCUT2D eigenvalue weighted by Crippen LogP contribution is -2.48. The van der Waals surface area contributed by atoms with E-state index in [0.29, 0.717) is 18.0 Å². The zero-order valence-corrected chi connectivity index (χ0v) is 16.9. The van der Waals surface area contributed by atoms with Crippen molar-refractivity contribution in [2.24, 2.45) is 0 Å². The van der Waals surface area contributed by atoms with Gasteiger partial charge in [0, 0.05) is 23.2 Å². The standard InChI is InChI=1S/C16H23F3N2O3S2/c1-14(2,3)25-9-8-20-13(22)15(4,5)26(23,24)12-7-6-11(10-21-12)16(17,18)19/h6-7,10H,8-9H2,1-5H3,(H,20,22). The molecule has 1 aromatic rings. The fraction of sp³-hybridized carbons (Fsp3) is 0.625. The van der Waals surface area contributed by atoms with Crippen molar-refractivity contribution >= 4 is 27.5 Å². The second-order valence-electron chi connectivity index (χ2n) is 7.11. The van der Waals surface area contributed by atoms with Gasteiger partial charge in [-0.05, 0) is 26.0 Å². The minimum atomic E-state index is -4.62. The van der Waals surface area contributed by atoms with E-state index >= 15 is 0 Å². The van der Waals surface area contributed by atoms with Crippen LogP contribution >= 0.6 is 11.8 Å². The van der Waals surface area contributed by atoms with E-state index in [0.717, 1.165) is 6.07 Å². The molecule has 1 rings (SSSR count). The van der Waals surface area contributed by atoms with Gasteiger partial charge in [-0.1, -0.05) is 20.8 Å². The average Bonchev–Trinajstić information content (AvgIpc) is 2.49. The summed E-state index contributed by atoms with van der Waals surface area (Å²) in [7, 11) is -4.26. The molecule has 0 atom stereocenters. The molecule has 0 spiro atoms. The molecule has 5 nitrogen and oxygen atoms in total.